The summed E-state index contributed by atoms with van der Waals surface area (Å²) in [5.74, 6) is 3.09. The zero-order valence-electron chi connectivity index (χ0n) is 20.7. The highest BCUT2D eigenvalue weighted by atomic mass is 32.1. The third-order valence-electron chi connectivity index (χ3n) is 6.85. The van der Waals surface area contributed by atoms with Gasteiger partial charge in [0, 0.05) is 57.0 Å². The Bertz CT molecular complexity index is 1550. The number of nitrogens with zero attached hydrogens (tertiary/aromatic N) is 7. The van der Waals surface area contributed by atoms with Gasteiger partial charge in [0.25, 0.3) is 0 Å². The predicted molar refractivity (Wildman–Crippen MR) is 146 cm³/mol. The molecule has 192 valence electrons. The van der Waals surface area contributed by atoms with Gasteiger partial charge in [0.1, 0.15) is 6.33 Å². The van der Waals surface area contributed by atoms with E-state index in [0.717, 1.165) is 72.5 Å². The summed E-state index contributed by atoms with van der Waals surface area (Å²) >= 11 is 1.65. The Labute approximate surface area is 223 Å². The molecule has 0 saturated carbocycles. The molecule has 1 saturated heterocycles. The lowest BCUT2D eigenvalue weighted by Gasteiger charge is -2.34. The highest BCUT2D eigenvalue weighted by molar-refractivity contribution is 7.08. The van der Waals surface area contributed by atoms with Gasteiger partial charge in [-0.25, -0.2) is 4.98 Å². The van der Waals surface area contributed by atoms with Gasteiger partial charge in [0.2, 0.25) is 12.7 Å². The van der Waals surface area contributed by atoms with Gasteiger partial charge in [-0.2, -0.15) is 21.3 Å². The van der Waals surface area contributed by atoms with Crippen molar-refractivity contribution in [3.05, 3.63) is 77.0 Å². The van der Waals surface area contributed by atoms with Crippen LogP contribution in [0.5, 0.6) is 11.5 Å². The van der Waals surface area contributed by atoms with Crippen LogP contribution < -0.4 is 19.7 Å². The molecule has 1 fully saturated rings. The van der Waals surface area contributed by atoms with Crippen LogP contribution in [0, 0.1) is 0 Å². The average molecular weight is 527 g/mol. The molecule has 0 unspecified atom stereocenters. The van der Waals surface area contributed by atoms with Gasteiger partial charge in [-0.15, -0.1) is 0 Å². The van der Waals surface area contributed by atoms with Gasteiger partial charge >= 0.3 is 0 Å². The van der Waals surface area contributed by atoms with Gasteiger partial charge in [-0.3, -0.25) is 14.5 Å². The van der Waals surface area contributed by atoms with E-state index < -0.39 is 0 Å². The molecule has 1 aromatic carbocycles. The van der Waals surface area contributed by atoms with Gasteiger partial charge < -0.3 is 19.7 Å². The van der Waals surface area contributed by atoms with Crippen LogP contribution in [-0.4, -0.2) is 62.4 Å². The van der Waals surface area contributed by atoms with Crippen molar-refractivity contribution in [1.29, 1.82) is 0 Å². The minimum atomic E-state index is 0.298. The second kappa shape index (κ2) is 9.92. The lowest BCUT2D eigenvalue weighted by Crippen LogP contribution is -2.46. The summed E-state index contributed by atoms with van der Waals surface area (Å²) < 4.78 is 13.0. The molecule has 38 heavy (non-hydrogen) atoms. The number of pyridine rings is 1. The fourth-order valence-corrected chi connectivity index (χ4v) is 5.46. The first-order valence-corrected chi connectivity index (χ1v) is 13.5. The lowest BCUT2D eigenvalue weighted by atomic mass is 10.1. The molecule has 6 heterocycles. The van der Waals surface area contributed by atoms with Crippen molar-refractivity contribution < 1.29 is 9.47 Å². The molecule has 0 spiro atoms. The van der Waals surface area contributed by atoms with E-state index in [2.05, 4.69) is 54.0 Å². The lowest BCUT2D eigenvalue weighted by molar-refractivity contribution is 0.174. The third-order valence-corrected chi connectivity index (χ3v) is 7.52. The molecular formula is C27H26N8O2S. The van der Waals surface area contributed by atoms with Crippen LogP contribution in [0.15, 0.2) is 65.9 Å². The van der Waals surface area contributed by atoms with Gasteiger partial charge in [0.15, 0.2) is 28.5 Å². The maximum absolute atomic E-state index is 5.55. The standard InChI is InChI=1S/C27H26N8O2S/c1-2-20(13-28-6-1)14-29-25-24-26(35(17-30-24)21-5-11-38-16-21)32-27(31-25)34-9-7-33(8-10-34)15-19-3-4-22-23(12-19)37-18-36-22/h1-6,11-13,16-17H,7-10,14-15,18H2,(H,29,31,32). The Morgan fingerprint density at radius 3 is 2.74 bits per heavy atom. The first kappa shape index (κ1) is 22.9. The van der Waals surface area contributed by atoms with E-state index >= 15 is 0 Å². The van der Waals surface area contributed by atoms with Gasteiger partial charge in [-0.1, -0.05) is 12.1 Å². The molecule has 0 atom stereocenters. The van der Waals surface area contributed by atoms with Crippen LogP contribution in [0.4, 0.5) is 11.8 Å². The molecule has 1 N–H and O–H groups in total. The van der Waals surface area contributed by atoms with Crippen LogP contribution in [0.3, 0.4) is 0 Å². The normalized spacial score (nSPS) is 15.3. The van der Waals surface area contributed by atoms with E-state index in [1.165, 1.54) is 5.56 Å². The molecule has 7 rings (SSSR count). The zero-order chi connectivity index (χ0) is 25.3. The van der Waals surface area contributed by atoms with E-state index in [0.29, 0.717) is 19.3 Å². The number of nitrogens with one attached hydrogen (secondary N) is 1. The zero-order valence-corrected chi connectivity index (χ0v) is 21.5. The maximum Gasteiger partial charge on any atom is 0.231 e. The Morgan fingerprint density at radius 1 is 0.974 bits per heavy atom. The summed E-state index contributed by atoms with van der Waals surface area (Å²) in [6.07, 6.45) is 5.46. The molecule has 0 amide bonds. The van der Waals surface area contributed by atoms with E-state index in [-0.39, 0.29) is 0 Å². The molecule has 2 aliphatic rings. The predicted octanol–water partition coefficient (Wildman–Crippen LogP) is 3.94. The fourth-order valence-electron chi connectivity index (χ4n) is 4.83. The summed E-state index contributed by atoms with van der Waals surface area (Å²) in [4.78, 5) is 23.5. The molecule has 0 radical (unpaired) electrons. The van der Waals surface area contributed by atoms with Crippen LogP contribution in [0.2, 0.25) is 0 Å². The van der Waals surface area contributed by atoms with E-state index in [1.807, 2.05) is 35.3 Å². The number of hydrogen-bond donors (Lipinski definition) is 1. The summed E-state index contributed by atoms with van der Waals surface area (Å²) in [5, 5.41) is 7.64. The Hall–Kier alpha value is -4.22. The third kappa shape index (κ3) is 4.50. The number of aromatic nitrogens is 5. The minimum absolute atomic E-state index is 0.298. The smallest absolute Gasteiger partial charge is 0.231 e. The van der Waals surface area contributed by atoms with Crippen molar-refractivity contribution in [2.75, 3.05) is 43.2 Å². The van der Waals surface area contributed by atoms with Gasteiger partial charge in [0.05, 0.1) is 5.69 Å². The maximum atomic E-state index is 5.55. The molecule has 0 aliphatic carbocycles. The number of imidazole rings is 1. The molecule has 11 heteroatoms. The second-order valence-electron chi connectivity index (χ2n) is 9.31. The van der Waals surface area contributed by atoms with Crippen LogP contribution >= 0.6 is 11.3 Å². The number of benzene rings is 1. The largest absolute Gasteiger partial charge is 0.454 e. The van der Waals surface area contributed by atoms with E-state index in [4.69, 9.17) is 19.4 Å². The Kier molecular flexibility index (Phi) is 5.99. The summed E-state index contributed by atoms with van der Waals surface area (Å²) in [7, 11) is 0. The average Bonchev–Trinajstić information content (AvgIpc) is 3.73. The first-order valence-electron chi connectivity index (χ1n) is 12.6. The van der Waals surface area contributed by atoms with Crippen LogP contribution in [0.25, 0.3) is 16.9 Å². The van der Waals surface area contributed by atoms with E-state index in [1.54, 1.807) is 17.5 Å². The molecule has 10 nitrogen and oxygen atoms in total. The number of fused-ring (bicyclic) bond motifs is 2. The van der Waals surface area contributed by atoms with Crippen LogP contribution in [-0.2, 0) is 13.1 Å². The first-order chi connectivity index (χ1) is 18.8. The number of thiophene rings is 1. The number of piperazine rings is 1. The molecule has 5 aromatic rings. The molecule has 0 bridgehead atoms. The quantitative estimate of drug-likeness (QED) is 0.339. The topological polar surface area (TPSA) is 93.5 Å². The highest BCUT2D eigenvalue weighted by Gasteiger charge is 2.23. The summed E-state index contributed by atoms with van der Waals surface area (Å²) in [6.45, 7) is 5.28. The van der Waals surface area contributed by atoms with Crippen molar-refractivity contribution in [3.63, 3.8) is 0 Å². The number of hydrogen-bond acceptors (Lipinski definition) is 10. The number of ether oxygens (including phenoxy) is 2. The van der Waals surface area contributed by atoms with Gasteiger partial charge in [-0.05, 0) is 40.8 Å². The SMILES string of the molecule is c1cncc(CNc2nc(N3CCN(Cc4ccc5c(c4)OCO5)CC3)nc3c2ncn3-c2ccsc2)c1. The van der Waals surface area contributed by atoms with Crippen molar-refractivity contribution in [2.45, 2.75) is 13.1 Å². The Balaban J connectivity index is 1.12. The number of anilines is 2. The van der Waals surface area contributed by atoms with Crippen molar-refractivity contribution in [1.82, 2.24) is 29.4 Å². The Morgan fingerprint density at radius 2 is 1.89 bits per heavy atom. The monoisotopic (exact) mass is 526 g/mol. The molecule has 2 aliphatic heterocycles. The van der Waals surface area contributed by atoms with Crippen molar-refractivity contribution in [3.8, 4) is 17.2 Å². The van der Waals surface area contributed by atoms with Crippen LogP contribution in [0.1, 0.15) is 11.1 Å². The highest BCUT2D eigenvalue weighted by Crippen LogP contribution is 2.33. The molecular weight excluding hydrogens is 500 g/mol. The van der Waals surface area contributed by atoms with Crippen molar-refractivity contribution in [2.24, 2.45) is 0 Å². The molecule has 4 aromatic heterocycles. The number of rotatable bonds is 7. The van der Waals surface area contributed by atoms with E-state index in [9.17, 15) is 0 Å². The van der Waals surface area contributed by atoms with Crippen molar-refractivity contribution >= 4 is 34.3 Å². The minimum Gasteiger partial charge on any atom is -0.454 e. The second-order valence-corrected chi connectivity index (χ2v) is 10.1. The summed E-state index contributed by atoms with van der Waals surface area (Å²) in [6, 6.07) is 12.2. The summed E-state index contributed by atoms with van der Waals surface area (Å²) in [5.41, 5.74) is 4.90. The fraction of sp³-hybridized carbons (Fsp3) is 0.259.